The molecule has 3 aromatic carbocycles. The molecule has 3 heterocycles. The lowest BCUT2D eigenvalue weighted by molar-refractivity contribution is -0.162. The number of nitrogens with one attached hydrogen (secondary N) is 1. The van der Waals surface area contributed by atoms with E-state index in [1.54, 1.807) is 24.0 Å². The van der Waals surface area contributed by atoms with Gasteiger partial charge >= 0.3 is 5.97 Å². The van der Waals surface area contributed by atoms with Crippen LogP contribution in [0.5, 0.6) is 0 Å². The van der Waals surface area contributed by atoms with Gasteiger partial charge in [0.15, 0.2) is 0 Å². The first kappa shape index (κ1) is 35.0. The first-order chi connectivity index (χ1) is 24.2. The molecule has 3 aliphatic rings. The van der Waals surface area contributed by atoms with Crippen LogP contribution < -0.4 is 10.2 Å². The monoisotopic (exact) mass is 679 g/mol. The number of aliphatic hydroxyl groups excluding tert-OH is 1. The second-order valence-electron chi connectivity index (χ2n) is 13.4. The van der Waals surface area contributed by atoms with Crippen molar-refractivity contribution in [1.29, 1.82) is 0 Å². The van der Waals surface area contributed by atoms with Gasteiger partial charge in [0, 0.05) is 31.8 Å². The highest BCUT2D eigenvalue weighted by Crippen LogP contribution is 2.59. The molecular formula is C40H45N3O7. The molecule has 0 unspecified atom stereocenters. The van der Waals surface area contributed by atoms with Gasteiger partial charge < -0.3 is 29.7 Å². The lowest BCUT2D eigenvalue weighted by atomic mass is 9.70. The van der Waals surface area contributed by atoms with Gasteiger partial charge in [-0.25, -0.2) is 0 Å². The highest BCUT2D eigenvalue weighted by molar-refractivity contribution is 6.05. The lowest BCUT2D eigenvalue weighted by Gasteiger charge is -2.37. The summed E-state index contributed by atoms with van der Waals surface area (Å²) in [6, 6.07) is 21.2. The standard InChI is InChI=1S/C40H45N3O7/c1-4-6-17-32(45)41-26(3)35(28-14-8-7-9-15-28)49-39(48)33-31-20-21-40(50-31)34(33)37(46)43(23-12-24-44)36(40)38(47)42(22-5-2)30-19-18-27-13-10-11-16-29(27)25-30/h4-5,7-11,13-16,18-19,25-26,31,33-36,44H,1-2,6,12,17,20-24H2,3H3,(H,41,45)/t26-,31+,33-,34-,35-,36+,40-/m1/s1. The third-order valence-corrected chi connectivity index (χ3v) is 10.3. The number of likely N-dealkylation sites (tertiary alicyclic amines) is 1. The number of amides is 3. The van der Waals surface area contributed by atoms with Crippen molar-refractivity contribution in [1.82, 2.24) is 10.2 Å². The van der Waals surface area contributed by atoms with Crippen LogP contribution >= 0.6 is 0 Å². The zero-order valence-electron chi connectivity index (χ0n) is 28.4. The zero-order chi connectivity index (χ0) is 35.4. The van der Waals surface area contributed by atoms with Gasteiger partial charge in [0.05, 0.1) is 24.0 Å². The number of nitrogens with zero attached hydrogens (tertiary/aromatic N) is 2. The van der Waals surface area contributed by atoms with E-state index >= 15 is 0 Å². The maximum absolute atomic E-state index is 14.8. The minimum absolute atomic E-state index is 0.125. The van der Waals surface area contributed by atoms with Crippen LogP contribution in [0.25, 0.3) is 10.8 Å². The fourth-order valence-electron chi connectivity index (χ4n) is 8.07. The van der Waals surface area contributed by atoms with Crippen molar-refractivity contribution in [2.45, 2.75) is 68.9 Å². The quantitative estimate of drug-likeness (QED) is 0.174. The molecule has 3 amide bonds. The van der Waals surface area contributed by atoms with Crippen LogP contribution in [0.2, 0.25) is 0 Å². The summed E-state index contributed by atoms with van der Waals surface area (Å²) in [4.78, 5) is 59.3. The number of allylic oxidation sites excluding steroid dienone is 1. The number of hydrogen-bond donors (Lipinski definition) is 2. The Balaban J connectivity index is 1.32. The summed E-state index contributed by atoms with van der Waals surface area (Å²) < 4.78 is 12.9. The van der Waals surface area contributed by atoms with Crippen molar-refractivity contribution >= 4 is 40.2 Å². The van der Waals surface area contributed by atoms with Crippen molar-refractivity contribution in [3.05, 3.63) is 104 Å². The Morgan fingerprint density at radius 3 is 2.54 bits per heavy atom. The van der Waals surface area contributed by atoms with Gasteiger partial charge in [-0.05, 0) is 61.1 Å². The van der Waals surface area contributed by atoms with Crippen LogP contribution in [-0.4, -0.2) is 77.2 Å². The molecule has 6 rings (SSSR count). The summed E-state index contributed by atoms with van der Waals surface area (Å²) in [5.74, 6) is -3.39. The normalized spacial score (nSPS) is 24.8. The van der Waals surface area contributed by atoms with Crippen LogP contribution in [-0.2, 0) is 28.7 Å². The number of carbonyl (C=O) groups is 4. The van der Waals surface area contributed by atoms with E-state index in [0.29, 0.717) is 30.5 Å². The van der Waals surface area contributed by atoms with Crippen molar-refractivity contribution < 1.29 is 33.8 Å². The highest BCUT2D eigenvalue weighted by Gasteiger charge is 2.75. The van der Waals surface area contributed by atoms with E-state index in [0.717, 1.165) is 10.8 Å². The van der Waals surface area contributed by atoms with Crippen molar-refractivity contribution in [3.63, 3.8) is 0 Å². The maximum Gasteiger partial charge on any atom is 0.313 e. The van der Waals surface area contributed by atoms with Gasteiger partial charge in [-0.2, -0.15) is 0 Å². The number of anilines is 1. The Morgan fingerprint density at radius 1 is 1.08 bits per heavy atom. The van der Waals surface area contributed by atoms with Crippen molar-refractivity contribution in [2.75, 3.05) is 24.6 Å². The Labute approximate surface area is 292 Å². The van der Waals surface area contributed by atoms with Crippen LogP contribution in [0.4, 0.5) is 5.69 Å². The molecule has 0 radical (unpaired) electrons. The lowest BCUT2D eigenvalue weighted by Crippen LogP contribution is -2.56. The Morgan fingerprint density at radius 2 is 1.82 bits per heavy atom. The number of carbonyl (C=O) groups excluding carboxylic acids is 4. The third kappa shape index (κ3) is 6.45. The van der Waals surface area contributed by atoms with E-state index < -0.39 is 47.7 Å². The van der Waals surface area contributed by atoms with Gasteiger partial charge in [0.2, 0.25) is 11.8 Å². The maximum atomic E-state index is 14.8. The molecule has 10 heteroatoms. The molecule has 0 aromatic heterocycles. The van der Waals surface area contributed by atoms with Gasteiger partial charge in [-0.1, -0.05) is 72.8 Å². The second-order valence-corrected chi connectivity index (χ2v) is 13.4. The molecule has 2 N–H and O–H groups in total. The summed E-state index contributed by atoms with van der Waals surface area (Å²) >= 11 is 0. The SMILES string of the molecule is C=CCCC(=O)N[C@H](C)[C@@H](OC(=O)[C@@H]1[C@@H]2CC[C@]3(O2)[C@H](C(=O)N(CC=C)c2ccc4ccccc4c2)N(CCCO)C(=O)[C@@H]13)c1ccccc1. The first-order valence-corrected chi connectivity index (χ1v) is 17.4. The zero-order valence-corrected chi connectivity index (χ0v) is 28.4. The Kier molecular flexibility index (Phi) is 10.5. The number of aliphatic hydroxyl groups is 1. The molecule has 2 bridgehead atoms. The number of rotatable bonds is 15. The van der Waals surface area contributed by atoms with E-state index in [1.807, 2.05) is 72.8 Å². The topological polar surface area (TPSA) is 125 Å². The minimum Gasteiger partial charge on any atom is -0.455 e. The predicted molar refractivity (Wildman–Crippen MR) is 190 cm³/mol. The number of fused-ring (bicyclic) bond motifs is 2. The van der Waals surface area contributed by atoms with Crippen molar-refractivity contribution in [2.24, 2.45) is 11.8 Å². The predicted octanol–water partition coefficient (Wildman–Crippen LogP) is 4.87. The highest BCUT2D eigenvalue weighted by atomic mass is 16.6. The third-order valence-electron chi connectivity index (χ3n) is 10.3. The summed E-state index contributed by atoms with van der Waals surface area (Å²) in [7, 11) is 0. The summed E-state index contributed by atoms with van der Waals surface area (Å²) in [6.45, 7) is 9.50. The van der Waals surface area contributed by atoms with Gasteiger partial charge in [-0.3, -0.25) is 19.2 Å². The fourth-order valence-corrected chi connectivity index (χ4v) is 8.07. The molecular weight excluding hydrogens is 634 g/mol. The van der Waals surface area contributed by atoms with Crippen molar-refractivity contribution in [3.8, 4) is 0 Å². The summed E-state index contributed by atoms with van der Waals surface area (Å²) in [5, 5.41) is 14.7. The van der Waals surface area contributed by atoms with Crippen LogP contribution in [0, 0.1) is 11.8 Å². The first-order valence-electron chi connectivity index (χ1n) is 17.4. The van der Waals surface area contributed by atoms with Crippen LogP contribution in [0.3, 0.4) is 0 Å². The molecule has 50 heavy (non-hydrogen) atoms. The van der Waals surface area contributed by atoms with Gasteiger partial charge in [0.1, 0.15) is 17.7 Å². The van der Waals surface area contributed by atoms with Crippen LogP contribution in [0.15, 0.2) is 98.1 Å². The number of ether oxygens (including phenoxy) is 2. The summed E-state index contributed by atoms with van der Waals surface area (Å²) in [5.41, 5.74) is 0.101. The second kappa shape index (κ2) is 15.0. The fraction of sp³-hybridized carbons (Fsp3) is 0.400. The van der Waals surface area contributed by atoms with Gasteiger partial charge in [-0.15, -0.1) is 13.2 Å². The minimum atomic E-state index is -1.25. The average molecular weight is 680 g/mol. The molecule has 10 nitrogen and oxygen atoms in total. The van der Waals surface area contributed by atoms with Gasteiger partial charge in [0.25, 0.3) is 5.91 Å². The van der Waals surface area contributed by atoms with E-state index in [-0.39, 0.29) is 50.3 Å². The number of hydrogen-bond acceptors (Lipinski definition) is 7. The van der Waals surface area contributed by atoms with E-state index in [2.05, 4.69) is 18.5 Å². The Hall–Kier alpha value is -4.80. The van der Waals surface area contributed by atoms with E-state index in [1.165, 1.54) is 4.90 Å². The molecule has 0 aliphatic carbocycles. The molecule has 0 saturated carbocycles. The molecule has 1 spiro atoms. The molecule has 3 saturated heterocycles. The molecule has 3 fully saturated rings. The molecule has 3 aromatic rings. The van der Waals surface area contributed by atoms with Crippen LogP contribution in [0.1, 0.15) is 50.7 Å². The average Bonchev–Trinajstić information content (AvgIpc) is 3.78. The smallest absolute Gasteiger partial charge is 0.313 e. The number of benzene rings is 3. The largest absolute Gasteiger partial charge is 0.455 e. The molecule has 7 atom stereocenters. The number of esters is 1. The Bertz CT molecular complexity index is 1760. The van der Waals surface area contributed by atoms with E-state index in [9.17, 15) is 24.3 Å². The molecule has 262 valence electrons. The summed E-state index contributed by atoms with van der Waals surface area (Å²) in [6.07, 6.45) is 3.78. The van der Waals surface area contributed by atoms with E-state index in [4.69, 9.17) is 9.47 Å². The molecule has 3 aliphatic heterocycles.